The molecule has 0 saturated carbocycles. The minimum atomic E-state index is -0.0536. The van der Waals surface area contributed by atoms with E-state index in [1.807, 2.05) is 0 Å². The number of hydrogen-bond acceptors (Lipinski definition) is 3. The molecule has 1 saturated heterocycles. The van der Waals surface area contributed by atoms with Crippen LogP contribution in [0.1, 0.15) is 27.2 Å². The molecule has 0 spiro atoms. The predicted octanol–water partition coefficient (Wildman–Crippen LogP) is 1.40. The number of hydrogen-bond donors (Lipinski definition) is 0. The molecule has 1 aliphatic rings. The van der Waals surface area contributed by atoms with Gasteiger partial charge in [-0.15, -0.1) is 0 Å². The molecule has 0 N–H and O–H groups in total. The summed E-state index contributed by atoms with van der Waals surface area (Å²) in [5.41, 5.74) is -0.0536. The predicted molar refractivity (Wildman–Crippen MR) is 51.3 cm³/mol. The van der Waals surface area contributed by atoms with E-state index in [0.717, 1.165) is 19.7 Å². The van der Waals surface area contributed by atoms with E-state index in [0.29, 0.717) is 12.5 Å². The summed E-state index contributed by atoms with van der Waals surface area (Å²) in [6.45, 7) is 8.95. The third-order valence-electron chi connectivity index (χ3n) is 2.47. The van der Waals surface area contributed by atoms with Gasteiger partial charge in [-0.05, 0) is 20.8 Å². The molecule has 0 aromatic heterocycles. The Balaban J connectivity index is 2.47. The first-order chi connectivity index (χ1) is 6.05. The van der Waals surface area contributed by atoms with Gasteiger partial charge in [-0.3, -0.25) is 4.90 Å². The largest absolute Gasteiger partial charge is 0.373 e. The van der Waals surface area contributed by atoms with Gasteiger partial charge in [-0.25, -0.2) is 0 Å². The first kappa shape index (κ1) is 10.5. The second kappa shape index (κ2) is 4.08. The van der Waals surface area contributed by atoms with Gasteiger partial charge in [0.15, 0.2) is 0 Å². The fourth-order valence-corrected chi connectivity index (χ4v) is 1.69. The van der Waals surface area contributed by atoms with E-state index in [9.17, 15) is 0 Å². The molecule has 1 unspecified atom stereocenters. The van der Waals surface area contributed by atoms with Gasteiger partial charge in [-0.1, -0.05) is 0 Å². The first-order valence-corrected chi connectivity index (χ1v) is 4.80. The van der Waals surface area contributed by atoms with E-state index in [-0.39, 0.29) is 5.60 Å². The highest BCUT2D eigenvalue weighted by Gasteiger charge is 2.29. The molecule has 3 heteroatoms. The van der Waals surface area contributed by atoms with Crippen LogP contribution in [0, 0.1) is 11.3 Å². The molecule has 0 aromatic carbocycles. The zero-order valence-corrected chi connectivity index (χ0v) is 8.71. The van der Waals surface area contributed by atoms with Crippen molar-refractivity contribution < 1.29 is 4.74 Å². The molecule has 1 heterocycles. The van der Waals surface area contributed by atoms with Crippen LogP contribution in [-0.2, 0) is 4.74 Å². The van der Waals surface area contributed by atoms with Gasteiger partial charge in [0, 0.05) is 19.1 Å². The van der Waals surface area contributed by atoms with Crippen LogP contribution in [0.15, 0.2) is 0 Å². The molecule has 1 fully saturated rings. The Morgan fingerprint density at radius 3 is 2.85 bits per heavy atom. The van der Waals surface area contributed by atoms with Gasteiger partial charge in [0.25, 0.3) is 0 Å². The van der Waals surface area contributed by atoms with Crippen LogP contribution < -0.4 is 0 Å². The highest BCUT2D eigenvalue weighted by molar-refractivity contribution is 4.86. The number of nitrogens with zero attached hydrogens (tertiary/aromatic N) is 2. The van der Waals surface area contributed by atoms with E-state index in [4.69, 9.17) is 10.00 Å². The summed E-state index contributed by atoms with van der Waals surface area (Å²) in [5.74, 6) is 0. The highest BCUT2D eigenvalue weighted by atomic mass is 16.5. The van der Waals surface area contributed by atoms with Crippen molar-refractivity contribution in [2.45, 2.75) is 38.8 Å². The van der Waals surface area contributed by atoms with Crippen molar-refractivity contribution in [3.05, 3.63) is 0 Å². The summed E-state index contributed by atoms with van der Waals surface area (Å²) < 4.78 is 5.60. The summed E-state index contributed by atoms with van der Waals surface area (Å²) >= 11 is 0. The Hall–Kier alpha value is -0.590. The molecule has 1 rings (SSSR count). The van der Waals surface area contributed by atoms with E-state index >= 15 is 0 Å². The maximum atomic E-state index is 8.59. The van der Waals surface area contributed by atoms with Crippen molar-refractivity contribution in [3.8, 4) is 6.07 Å². The number of nitriles is 1. The van der Waals surface area contributed by atoms with E-state index < -0.39 is 0 Å². The SMILES string of the molecule is CC(CC#N)N1CCOC(C)(C)C1. The Kier molecular flexibility index (Phi) is 3.29. The third-order valence-corrected chi connectivity index (χ3v) is 2.47. The van der Waals surface area contributed by atoms with E-state index in [2.05, 4.69) is 31.7 Å². The topological polar surface area (TPSA) is 36.3 Å². The van der Waals surface area contributed by atoms with Crippen molar-refractivity contribution in [2.75, 3.05) is 19.7 Å². The summed E-state index contributed by atoms with van der Waals surface area (Å²) in [5, 5.41) is 8.59. The Bertz CT molecular complexity index is 207. The van der Waals surface area contributed by atoms with E-state index in [1.165, 1.54) is 0 Å². The summed E-state index contributed by atoms with van der Waals surface area (Å²) in [6.07, 6.45) is 0.607. The molecule has 74 valence electrons. The minimum absolute atomic E-state index is 0.0536. The zero-order chi connectivity index (χ0) is 9.90. The summed E-state index contributed by atoms with van der Waals surface area (Å²) in [4.78, 5) is 2.33. The maximum absolute atomic E-state index is 8.59. The lowest BCUT2D eigenvalue weighted by Gasteiger charge is -2.40. The Morgan fingerprint density at radius 1 is 1.62 bits per heavy atom. The van der Waals surface area contributed by atoms with Gasteiger partial charge >= 0.3 is 0 Å². The van der Waals surface area contributed by atoms with Gasteiger partial charge < -0.3 is 4.74 Å². The molecule has 0 aliphatic carbocycles. The fourth-order valence-electron chi connectivity index (χ4n) is 1.69. The summed E-state index contributed by atoms with van der Waals surface area (Å²) in [7, 11) is 0. The molecule has 0 aromatic rings. The second-order valence-electron chi connectivity index (χ2n) is 4.29. The molecule has 0 bridgehead atoms. The minimum Gasteiger partial charge on any atom is -0.373 e. The van der Waals surface area contributed by atoms with Crippen LogP contribution in [-0.4, -0.2) is 36.2 Å². The van der Waals surface area contributed by atoms with Crippen LogP contribution >= 0.6 is 0 Å². The maximum Gasteiger partial charge on any atom is 0.0753 e. The molecule has 0 amide bonds. The Morgan fingerprint density at radius 2 is 2.31 bits per heavy atom. The van der Waals surface area contributed by atoms with Crippen molar-refractivity contribution in [2.24, 2.45) is 0 Å². The van der Waals surface area contributed by atoms with Crippen LogP contribution in [0.3, 0.4) is 0 Å². The zero-order valence-electron chi connectivity index (χ0n) is 8.71. The molecule has 1 atom stereocenters. The number of rotatable bonds is 2. The molecule has 3 nitrogen and oxygen atoms in total. The van der Waals surface area contributed by atoms with Gasteiger partial charge in [0.1, 0.15) is 0 Å². The van der Waals surface area contributed by atoms with Crippen molar-refractivity contribution in [1.29, 1.82) is 5.26 Å². The van der Waals surface area contributed by atoms with E-state index in [1.54, 1.807) is 0 Å². The average molecular weight is 182 g/mol. The monoisotopic (exact) mass is 182 g/mol. The highest BCUT2D eigenvalue weighted by Crippen LogP contribution is 2.18. The molecule has 13 heavy (non-hydrogen) atoms. The normalized spacial score (nSPS) is 25.1. The third kappa shape index (κ3) is 2.98. The lowest BCUT2D eigenvalue weighted by atomic mass is 10.1. The van der Waals surface area contributed by atoms with Crippen LogP contribution in [0.5, 0.6) is 0 Å². The summed E-state index contributed by atoms with van der Waals surface area (Å²) in [6, 6.07) is 2.56. The molecular weight excluding hydrogens is 164 g/mol. The van der Waals surface area contributed by atoms with Crippen molar-refractivity contribution in [3.63, 3.8) is 0 Å². The number of morpholine rings is 1. The number of ether oxygens (including phenoxy) is 1. The fraction of sp³-hybridized carbons (Fsp3) is 0.900. The quantitative estimate of drug-likeness (QED) is 0.647. The smallest absolute Gasteiger partial charge is 0.0753 e. The van der Waals surface area contributed by atoms with Crippen molar-refractivity contribution in [1.82, 2.24) is 4.90 Å². The van der Waals surface area contributed by atoms with Crippen LogP contribution in [0.2, 0.25) is 0 Å². The molecule has 1 aliphatic heterocycles. The van der Waals surface area contributed by atoms with Gasteiger partial charge in [-0.2, -0.15) is 5.26 Å². The van der Waals surface area contributed by atoms with Gasteiger partial charge in [0.05, 0.1) is 24.7 Å². The molecule has 0 radical (unpaired) electrons. The van der Waals surface area contributed by atoms with Gasteiger partial charge in [0.2, 0.25) is 0 Å². The second-order valence-corrected chi connectivity index (χ2v) is 4.29. The average Bonchev–Trinajstić information content (AvgIpc) is 2.03. The lowest BCUT2D eigenvalue weighted by molar-refractivity contribution is -0.0948. The lowest BCUT2D eigenvalue weighted by Crippen LogP contribution is -2.51. The van der Waals surface area contributed by atoms with Crippen LogP contribution in [0.25, 0.3) is 0 Å². The van der Waals surface area contributed by atoms with Crippen molar-refractivity contribution >= 4 is 0 Å². The molecular formula is C10H18N2O. The van der Waals surface area contributed by atoms with Crippen LogP contribution in [0.4, 0.5) is 0 Å². The first-order valence-electron chi connectivity index (χ1n) is 4.80. The Labute approximate surface area is 80.3 Å². The standard InChI is InChI=1S/C10H18N2O/c1-9(4-5-11)12-6-7-13-10(2,3)8-12/h9H,4,6-8H2,1-3H3.